The maximum atomic E-state index is 12.1. The minimum atomic E-state index is -0.870. The number of likely N-dealkylation sites (tertiary alicyclic amines) is 1. The summed E-state index contributed by atoms with van der Waals surface area (Å²) in [6.45, 7) is 3.45. The molecule has 0 saturated carbocycles. The van der Waals surface area contributed by atoms with Crippen molar-refractivity contribution in [2.75, 3.05) is 32.1 Å². The van der Waals surface area contributed by atoms with Gasteiger partial charge in [-0.3, -0.25) is 9.48 Å². The standard InChI is InChI=1S/C13H20N4O4/c1-13(11(18)19)3-4-16(9-13)12(20)15-10-7-14-17(8-10)5-6-21-2/h7-8H,3-6,9H2,1-2H3,(H,15,20)(H,18,19). The van der Waals surface area contributed by atoms with Crippen LogP contribution in [0.4, 0.5) is 10.5 Å². The van der Waals surface area contributed by atoms with Crippen molar-refractivity contribution < 1.29 is 19.4 Å². The molecular weight excluding hydrogens is 276 g/mol. The molecule has 8 nitrogen and oxygen atoms in total. The second-order valence-electron chi connectivity index (χ2n) is 5.45. The minimum Gasteiger partial charge on any atom is -0.481 e. The Morgan fingerprint density at radius 3 is 2.95 bits per heavy atom. The molecule has 1 aromatic heterocycles. The molecule has 1 aromatic rings. The Kier molecular flexibility index (Phi) is 4.46. The lowest BCUT2D eigenvalue weighted by atomic mass is 9.90. The zero-order valence-electron chi connectivity index (χ0n) is 12.2. The van der Waals surface area contributed by atoms with E-state index in [0.29, 0.717) is 31.8 Å². The molecule has 8 heteroatoms. The summed E-state index contributed by atoms with van der Waals surface area (Å²) in [7, 11) is 1.61. The molecule has 0 radical (unpaired) electrons. The van der Waals surface area contributed by atoms with Crippen LogP contribution < -0.4 is 5.32 Å². The van der Waals surface area contributed by atoms with Gasteiger partial charge in [-0.05, 0) is 13.3 Å². The van der Waals surface area contributed by atoms with Gasteiger partial charge in [-0.15, -0.1) is 0 Å². The highest BCUT2D eigenvalue weighted by molar-refractivity contribution is 5.90. The first kappa shape index (κ1) is 15.3. The van der Waals surface area contributed by atoms with Crippen molar-refractivity contribution in [3.63, 3.8) is 0 Å². The third-order valence-electron chi connectivity index (χ3n) is 3.69. The number of hydrogen-bond donors (Lipinski definition) is 2. The molecule has 2 rings (SSSR count). The van der Waals surface area contributed by atoms with Gasteiger partial charge in [-0.1, -0.05) is 0 Å². The average molecular weight is 296 g/mol. The van der Waals surface area contributed by atoms with E-state index in [1.54, 1.807) is 31.1 Å². The molecule has 0 aromatic carbocycles. The first-order valence-corrected chi connectivity index (χ1v) is 6.75. The number of methoxy groups -OCH3 is 1. The number of hydrogen-bond acceptors (Lipinski definition) is 4. The molecule has 2 N–H and O–H groups in total. The molecule has 2 amide bonds. The van der Waals surface area contributed by atoms with Gasteiger partial charge in [0, 0.05) is 26.4 Å². The summed E-state index contributed by atoms with van der Waals surface area (Å²) >= 11 is 0. The number of carbonyl (C=O) groups excluding carboxylic acids is 1. The van der Waals surface area contributed by atoms with Crippen molar-refractivity contribution in [1.82, 2.24) is 14.7 Å². The molecule has 1 aliphatic rings. The minimum absolute atomic E-state index is 0.214. The van der Waals surface area contributed by atoms with Gasteiger partial charge in [0.1, 0.15) is 0 Å². The van der Waals surface area contributed by atoms with E-state index in [1.165, 1.54) is 4.90 Å². The van der Waals surface area contributed by atoms with E-state index in [9.17, 15) is 9.59 Å². The van der Waals surface area contributed by atoms with E-state index in [-0.39, 0.29) is 12.6 Å². The number of urea groups is 1. The fourth-order valence-corrected chi connectivity index (χ4v) is 2.25. The SMILES string of the molecule is COCCn1cc(NC(=O)N2CCC(C)(C(=O)O)C2)cn1. The molecule has 0 bridgehead atoms. The number of nitrogens with zero attached hydrogens (tertiary/aromatic N) is 3. The third-order valence-corrected chi connectivity index (χ3v) is 3.69. The Bertz CT molecular complexity index is 530. The Hall–Kier alpha value is -2.09. The van der Waals surface area contributed by atoms with Crippen LogP contribution in [-0.4, -0.2) is 58.6 Å². The summed E-state index contributed by atoms with van der Waals surface area (Å²) in [4.78, 5) is 24.8. The van der Waals surface area contributed by atoms with Gasteiger partial charge in [0.15, 0.2) is 0 Å². The lowest BCUT2D eigenvalue weighted by molar-refractivity contribution is -0.146. The highest BCUT2D eigenvalue weighted by Gasteiger charge is 2.42. The van der Waals surface area contributed by atoms with Gasteiger partial charge in [-0.2, -0.15) is 5.10 Å². The summed E-state index contributed by atoms with van der Waals surface area (Å²) in [5.74, 6) is -0.870. The van der Waals surface area contributed by atoms with Crippen LogP contribution in [0.25, 0.3) is 0 Å². The largest absolute Gasteiger partial charge is 0.481 e. The van der Waals surface area contributed by atoms with Crippen LogP contribution in [0.1, 0.15) is 13.3 Å². The maximum absolute atomic E-state index is 12.1. The number of aliphatic carboxylic acids is 1. The molecule has 1 atom stereocenters. The zero-order chi connectivity index (χ0) is 15.5. The predicted octanol–water partition coefficient (Wildman–Crippen LogP) is 0.858. The van der Waals surface area contributed by atoms with Gasteiger partial charge in [0.2, 0.25) is 0 Å². The Balaban J connectivity index is 1.90. The van der Waals surface area contributed by atoms with E-state index >= 15 is 0 Å². The molecule has 116 valence electrons. The van der Waals surface area contributed by atoms with Gasteiger partial charge < -0.3 is 20.1 Å². The van der Waals surface area contributed by atoms with Crippen LogP contribution in [0.5, 0.6) is 0 Å². The summed E-state index contributed by atoms with van der Waals surface area (Å²) in [6, 6.07) is -0.300. The Labute approximate surface area is 122 Å². The van der Waals surface area contributed by atoms with Crippen LogP contribution in [0.3, 0.4) is 0 Å². The van der Waals surface area contributed by atoms with Crippen LogP contribution >= 0.6 is 0 Å². The van der Waals surface area contributed by atoms with Gasteiger partial charge >= 0.3 is 12.0 Å². The van der Waals surface area contributed by atoms with Crippen molar-refractivity contribution in [2.45, 2.75) is 19.9 Å². The second kappa shape index (κ2) is 6.13. The van der Waals surface area contributed by atoms with E-state index < -0.39 is 11.4 Å². The zero-order valence-corrected chi connectivity index (χ0v) is 12.2. The van der Waals surface area contributed by atoms with Crippen LogP contribution in [0, 0.1) is 5.41 Å². The lowest BCUT2D eigenvalue weighted by Gasteiger charge is -2.20. The Morgan fingerprint density at radius 2 is 2.33 bits per heavy atom. The smallest absolute Gasteiger partial charge is 0.321 e. The average Bonchev–Trinajstić information content (AvgIpc) is 3.04. The first-order chi connectivity index (χ1) is 9.94. The fourth-order valence-electron chi connectivity index (χ4n) is 2.25. The lowest BCUT2D eigenvalue weighted by Crippen LogP contribution is -2.37. The number of anilines is 1. The monoisotopic (exact) mass is 296 g/mol. The van der Waals surface area contributed by atoms with E-state index in [1.807, 2.05) is 0 Å². The van der Waals surface area contributed by atoms with Crippen LogP contribution in [0.15, 0.2) is 12.4 Å². The quantitative estimate of drug-likeness (QED) is 0.840. The van der Waals surface area contributed by atoms with Crippen molar-refractivity contribution >= 4 is 17.7 Å². The second-order valence-corrected chi connectivity index (χ2v) is 5.45. The van der Waals surface area contributed by atoms with Gasteiger partial charge in [0.25, 0.3) is 0 Å². The number of carbonyl (C=O) groups is 2. The maximum Gasteiger partial charge on any atom is 0.321 e. The van der Waals surface area contributed by atoms with Crippen LogP contribution in [-0.2, 0) is 16.1 Å². The van der Waals surface area contributed by atoms with Crippen molar-refractivity contribution in [1.29, 1.82) is 0 Å². The molecule has 1 fully saturated rings. The normalized spacial score (nSPS) is 21.5. The number of rotatable bonds is 5. The van der Waals surface area contributed by atoms with Crippen molar-refractivity contribution in [3.8, 4) is 0 Å². The Morgan fingerprint density at radius 1 is 1.57 bits per heavy atom. The number of ether oxygens (including phenoxy) is 1. The summed E-state index contributed by atoms with van der Waals surface area (Å²) in [5, 5.41) is 16.0. The number of nitrogens with one attached hydrogen (secondary N) is 1. The number of amides is 2. The summed E-state index contributed by atoms with van der Waals surface area (Å²) in [6.07, 6.45) is 3.73. The summed E-state index contributed by atoms with van der Waals surface area (Å²) in [5.41, 5.74) is -0.278. The predicted molar refractivity (Wildman–Crippen MR) is 75.1 cm³/mol. The van der Waals surface area contributed by atoms with E-state index in [0.717, 1.165) is 0 Å². The molecular formula is C13H20N4O4. The highest BCUT2D eigenvalue weighted by atomic mass is 16.5. The number of aromatic nitrogens is 2. The number of carboxylic acid groups (broad SMARTS) is 1. The molecule has 0 aliphatic carbocycles. The van der Waals surface area contributed by atoms with Crippen LogP contribution in [0.2, 0.25) is 0 Å². The van der Waals surface area contributed by atoms with E-state index in [4.69, 9.17) is 9.84 Å². The first-order valence-electron chi connectivity index (χ1n) is 6.75. The summed E-state index contributed by atoms with van der Waals surface area (Å²) < 4.78 is 6.62. The molecule has 0 spiro atoms. The van der Waals surface area contributed by atoms with Gasteiger partial charge in [0.05, 0.1) is 30.5 Å². The molecule has 1 unspecified atom stereocenters. The fraction of sp³-hybridized carbons (Fsp3) is 0.615. The van der Waals surface area contributed by atoms with Gasteiger partial charge in [-0.25, -0.2) is 4.79 Å². The molecule has 1 aliphatic heterocycles. The number of carboxylic acids is 1. The third kappa shape index (κ3) is 3.52. The molecule has 21 heavy (non-hydrogen) atoms. The topological polar surface area (TPSA) is 96.7 Å². The molecule has 2 heterocycles. The van der Waals surface area contributed by atoms with Crippen molar-refractivity contribution in [3.05, 3.63) is 12.4 Å². The molecule has 1 saturated heterocycles. The van der Waals surface area contributed by atoms with E-state index in [2.05, 4.69) is 10.4 Å². The highest BCUT2D eigenvalue weighted by Crippen LogP contribution is 2.30. The van der Waals surface area contributed by atoms with Crippen molar-refractivity contribution in [2.24, 2.45) is 5.41 Å².